The molecule has 56 heavy (non-hydrogen) atoms. The van der Waals surface area contributed by atoms with Gasteiger partial charge in [0.25, 0.3) is 11.7 Å². The van der Waals surface area contributed by atoms with Gasteiger partial charge < -0.3 is 45.9 Å². The van der Waals surface area contributed by atoms with Crippen molar-refractivity contribution in [3.8, 4) is 11.5 Å². The first-order valence-corrected chi connectivity index (χ1v) is 19.5. The number of halogens is 1. The normalized spacial score (nSPS) is 24.8. The van der Waals surface area contributed by atoms with Crippen LogP contribution in [0.4, 0.5) is 5.13 Å². The average molecular weight is 836 g/mol. The summed E-state index contributed by atoms with van der Waals surface area (Å²) in [5, 5.41) is 54.8. The number of carbonyl (C=O) groups excluding carboxylic acids is 4. The van der Waals surface area contributed by atoms with Gasteiger partial charge in [-0.05, 0) is 12.1 Å². The van der Waals surface area contributed by atoms with Crippen molar-refractivity contribution in [1.29, 1.82) is 0 Å². The van der Waals surface area contributed by atoms with Crippen LogP contribution >= 0.6 is 34.7 Å². The van der Waals surface area contributed by atoms with E-state index in [-0.39, 0.29) is 39.8 Å². The molecule has 5 aliphatic rings. The van der Waals surface area contributed by atoms with Gasteiger partial charge in [0.15, 0.2) is 28.1 Å². The minimum Gasteiger partial charge on any atom is -0.504 e. The number of ketones is 2. The van der Waals surface area contributed by atoms with Crippen LogP contribution in [0.25, 0.3) is 0 Å². The highest BCUT2D eigenvalue weighted by Crippen LogP contribution is 2.48. The number of oxime groups is 1. The quantitative estimate of drug-likeness (QED) is 0.0238. The van der Waals surface area contributed by atoms with E-state index in [9.17, 15) is 54.0 Å². The fourth-order valence-corrected chi connectivity index (χ4v) is 9.75. The number of thioether (sulfide) groups is 1. The maximum Gasteiger partial charge on any atom is 0.352 e. The Labute approximate surface area is 330 Å². The Morgan fingerprint density at radius 1 is 1.11 bits per heavy atom. The Hall–Kier alpha value is -5.25. The van der Waals surface area contributed by atoms with Gasteiger partial charge in [0.1, 0.15) is 17.9 Å². The number of quaternary nitrogens is 1. The van der Waals surface area contributed by atoms with Gasteiger partial charge in [0.05, 0.1) is 47.9 Å². The number of fused-ring (bicyclic) bond motifs is 4. The fraction of sp³-hybridized carbons (Fsp3) is 0.441. The highest BCUT2D eigenvalue weighted by atomic mass is 35.5. The number of carboxylic acid groups (broad SMARTS) is 3. The summed E-state index contributed by atoms with van der Waals surface area (Å²) in [6.45, 7) is 2.59. The third-order valence-electron chi connectivity index (χ3n) is 10.7. The monoisotopic (exact) mass is 835 g/mol. The molecule has 0 saturated carbocycles. The van der Waals surface area contributed by atoms with Crippen LogP contribution in [-0.4, -0.2) is 137 Å². The average Bonchev–Trinajstić information content (AvgIpc) is 3.60. The number of nitrogens with zero attached hydrogens (tertiary/aromatic N) is 4. The molecule has 0 spiro atoms. The molecule has 4 saturated heterocycles. The van der Waals surface area contributed by atoms with Gasteiger partial charge in [0, 0.05) is 54.3 Å². The number of nitrogens with one attached hydrogen (secondary N) is 1. The first-order valence-electron chi connectivity index (χ1n) is 17.2. The lowest BCUT2D eigenvalue weighted by molar-refractivity contribution is -0.941. The summed E-state index contributed by atoms with van der Waals surface area (Å²) in [5.74, 6) is -9.52. The number of aliphatic carboxylic acids is 3. The number of anilines is 1. The number of aromatic hydroxyl groups is 2. The van der Waals surface area contributed by atoms with E-state index in [1.165, 1.54) is 22.0 Å². The van der Waals surface area contributed by atoms with Gasteiger partial charge in [-0.25, -0.2) is 14.6 Å². The first-order chi connectivity index (χ1) is 26.4. The molecule has 1 aromatic heterocycles. The van der Waals surface area contributed by atoms with Crippen molar-refractivity contribution in [2.24, 2.45) is 16.5 Å². The smallest absolute Gasteiger partial charge is 0.352 e. The van der Waals surface area contributed by atoms with E-state index in [2.05, 4.69) is 15.5 Å². The summed E-state index contributed by atoms with van der Waals surface area (Å²) in [6.07, 6.45) is -1.27. The Balaban J connectivity index is 1.10. The largest absolute Gasteiger partial charge is 0.504 e. The van der Waals surface area contributed by atoms with Crippen molar-refractivity contribution >= 4 is 86.8 Å². The fourth-order valence-electron chi connectivity index (χ4n) is 7.56. The third-order valence-corrected chi connectivity index (χ3v) is 13.2. The van der Waals surface area contributed by atoms with E-state index in [0.717, 1.165) is 23.5 Å². The summed E-state index contributed by atoms with van der Waals surface area (Å²) < 4.78 is 0.577. The lowest BCUT2D eigenvalue weighted by Crippen LogP contribution is -2.66. The highest BCUT2D eigenvalue weighted by Gasteiger charge is 2.56. The number of piperidine rings is 3. The van der Waals surface area contributed by atoms with Crippen molar-refractivity contribution in [2.75, 3.05) is 44.2 Å². The maximum atomic E-state index is 13.6. The highest BCUT2D eigenvalue weighted by molar-refractivity contribution is 8.00. The number of phenols is 2. The number of benzene rings is 1. The van der Waals surface area contributed by atoms with Crippen molar-refractivity contribution in [3.05, 3.63) is 45.1 Å². The summed E-state index contributed by atoms with van der Waals surface area (Å²) in [5.41, 5.74) is 5.08. The second kappa shape index (κ2) is 15.7. The molecule has 1 aromatic carbocycles. The molecular weight excluding hydrogens is 800 g/mol. The van der Waals surface area contributed by atoms with E-state index >= 15 is 0 Å². The van der Waals surface area contributed by atoms with Gasteiger partial charge in [0.2, 0.25) is 12.0 Å². The molecule has 0 radical (unpaired) electrons. The zero-order valence-corrected chi connectivity index (χ0v) is 31.7. The summed E-state index contributed by atoms with van der Waals surface area (Å²) in [7, 11) is 0. The molecule has 3 atom stereocenters. The third kappa shape index (κ3) is 7.88. The number of β-lactam (4-membered cyclic amide) rings is 1. The molecule has 7 rings (SSSR count). The second-order valence-corrected chi connectivity index (χ2v) is 16.5. The number of rotatable bonds is 16. The number of amides is 2. The van der Waals surface area contributed by atoms with E-state index in [0.29, 0.717) is 55.5 Å². The van der Waals surface area contributed by atoms with Gasteiger partial charge in [-0.3, -0.25) is 28.9 Å². The van der Waals surface area contributed by atoms with E-state index < -0.39 is 93.8 Å². The van der Waals surface area contributed by atoms with Gasteiger partial charge in [-0.2, -0.15) is 0 Å². The predicted octanol–water partition coefficient (Wildman–Crippen LogP) is 1.27. The molecule has 2 amide bonds. The number of carbonyl (C=O) groups is 7. The standard InChI is InChI=1S/C34H35ClN6O13S2/c35-23-16(1-2-19(42)27(23)47)26(46)28(48)37-14-34-3-6-41(7-4-34,8-5-34)11-15-12-55-30-17(29(49)40(30)25(15)32(52)53)9-20(43)24(18-13-56-33(36)38-18)39-54-21(31(50)51)10-22(44)45/h1-2,13,17,21,30H,3-12,14H2,(H7-,36,37,38,39,42,43,44,45,46,47,48,50,51,52,53)/p+1/t17-,21+,30-,34?,41?/m1/s1. The molecule has 0 unspecified atom stereocenters. The number of nitrogen functional groups attached to an aromatic ring is 1. The van der Waals surface area contributed by atoms with Crippen LogP contribution in [0.15, 0.2) is 33.9 Å². The van der Waals surface area contributed by atoms with Crippen LogP contribution < -0.4 is 11.1 Å². The zero-order chi connectivity index (χ0) is 40.7. The van der Waals surface area contributed by atoms with Crippen LogP contribution in [0.3, 0.4) is 0 Å². The number of phenolic OH excluding ortho intramolecular Hbond substituents is 2. The molecule has 8 N–H and O–H groups in total. The van der Waals surface area contributed by atoms with E-state index in [1.807, 2.05) is 0 Å². The van der Waals surface area contributed by atoms with Crippen LogP contribution in [0.1, 0.15) is 48.2 Å². The number of carboxylic acids is 3. The maximum absolute atomic E-state index is 13.6. The molecule has 0 aliphatic carbocycles. The number of aromatic nitrogens is 1. The number of hydrogen-bond donors (Lipinski definition) is 7. The summed E-state index contributed by atoms with van der Waals surface area (Å²) in [4.78, 5) is 98.0. The minimum absolute atomic E-state index is 0.0522. The van der Waals surface area contributed by atoms with E-state index in [1.54, 1.807) is 0 Å². The van der Waals surface area contributed by atoms with Crippen molar-refractivity contribution in [1.82, 2.24) is 15.2 Å². The SMILES string of the molecule is Nc1nc(/C(=N/O[C@@H](CC(=O)O)C(=O)O)C(=O)C[C@@H]2C(=O)N3C(C(=O)O)=C(C[N+]45CCC(CNC(=O)C(=O)c6ccc(O)c(O)c6Cl)(CC4)CC5)CS[C@H]23)cs1. The van der Waals surface area contributed by atoms with Gasteiger partial charge in [-0.1, -0.05) is 16.8 Å². The van der Waals surface area contributed by atoms with Gasteiger partial charge >= 0.3 is 17.9 Å². The topological polar surface area (TPSA) is 296 Å². The Morgan fingerprint density at radius 3 is 2.38 bits per heavy atom. The van der Waals surface area contributed by atoms with Crippen LogP contribution in [-0.2, 0) is 33.6 Å². The summed E-state index contributed by atoms with van der Waals surface area (Å²) in [6, 6.07) is 2.22. The van der Waals surface area contributed by atoms with Crippen molar-refractivity contribution in [2.45, 2.75) is 43.6 Å². The molecule has 2 aromatic rings. The number of nitrogens with two attached hydrogens (primary N) is 1. The first kappa shape index (κ1) is 40.4. The molecular formula is C34H36ClN6O13S2+. The molecule has 19 nitrogen and oxygen atoms in total. The predicted molar refractivity (Wildman–Crippen MR) is 197 cm³/mol. The molecule has 298 valence electrons. The molecule has 5 aliphatic heterocycles. The second-order valence-electron chi connectivity index (χ2n) is 14.2. The van der Waals surface area contributed by atoms with Crippen molar-refractivity contribution in [3.63, 3.8) is 0 Å². The zero-order valence-electron chi connectivity index (χ0n) is 29.3. The molecule has 2 bridgehead atoms. The van der Waals surface area contributed by atoms with Crippen LogP contribution in [0.2, 0.25) is 5.02 Å². The lowest BCUT2D eigenvalue weighted by Gasteiger charge is -2.56. The Kier molecular flexibility index (Phi) is 11.3. The van der Waals surface area contributed by atoms with Crippen LogP contribution in [0, 0.1) is 11.3 Å². The Morgan fingerprint density at radius 2 is 1.79 bits per heavy atom. The lowest BCUT2D eigenvalue weighted by atomic mass is 9.70. The number of Topliss-reactive ketones (excluding diaryl/α,β-unsaturated/α-hetero) is 2. The van der Waals surface area contributed by atoms with Crippen LogP contribution in [0.5, 0.6) is 11.5 Å². The van der Waals surface area contributed by atoms with Gasteiger partial charge in [-0.15, -0.1) is 23.1 Å². The minimum atomic E-state index is -1.92. The van der Waals surface area contributed by atoms with E-state index in [4.69, 9.17) is 27.3 Å². The molecule has 4 fully saturated rings. The number of thiazole rings is 1. The molecule has 22 heteroatoms. The number of hydrogen-bond acceptors (Lipinski definition) is 15. The summed E-state index contributed by atoms with van der Waals surface area (Å²) >= 11 is 8.24. The van der Waals surface area contributed by atoms with Crippen molar-refractivity contribution < 1.29 is 68.4 Å². The Bertz CT molecular complexity index is 2080. The molecule has 6 heterocycles.